The van der Waals surface area contributed by atoms with E-state index in [1.807, 2.05) is 30.3 Å². The van der Waals surface area contributed by atoms with Crippen molar-refractivity contribution in [2.75, 3.05) is 13.1 Å². The van der Waals surface area contributed by atoms with Gasteiger partial charge in [0, 0.05) is 19.5 Å². The van der Waals surface area contributed by atoms with E-state index >= 15 is 0 Å². The lowest BCUT2D eigenvalue weighted by atomic mass is 10.0. The lowest BCUT2D eigenvalue weighted by Crippen LogP contribution is -2.59. The van der Waals surface area contributed by atoms with Gasteiger partial charge in [0.1, 0.15) is 23.9 Å². The van der Waals surface area contributed by atoms with Crippen molar-refractivity contribution < 1.29 is 24.3 Å². The molecule has 2 heterocycles. The van der Waals surface area contributed by atoms with Crippen LogP contribution in [0, 0.1) is 0 Å². The standard InChI is InChI=1S/C28H35N5O5/c29-21(16-19-10-12-20(34)13-11-19)25(35)31-22-8-4-14-30-27(37)24-9-5-15-33(24)28(38)23(32-26(22)36)17-18-6-2-1-3-7-18/h1-3,6-7,10-13,21-24,34H,4-5,8-9,14-17,29H2,(H,30,37)(H,31,35)(H,32,36)/t21-,22+,23-,24-/m0/s1. The minimum Gasteiger partial charge on any atom is -0.508 e. The van der Waals surface area contributed by atoms with Gasteiger partial charge < -0.3 is 31.7 Å². The Morgan fingerprint density at radius 3 is 2.47 bits per heavy atom. The first-order valence-electron chi connectivity index (χ1n) is 13.1. The molecule has 2 aliphatic heterocycles. The minimum atomic E-state index is -0.926. The molecule has 4 amide bonds. The first-order chi connectivity index (χ1) is 18.3. The highest BCUT2D eigenvalue weighted by atomic mass is 16.3. The van der Waals surface area contributed by atoms with Crippen molar-refractivity contribution in [1.29, 1.82) is 0 Å². The smallest absolute Gasteiger partial charge is 0.246 e. The maximum absolute atomic E-state index is 13.6. The average molecular weight is 522 g/mol. The van der Waals surface area contributed by atoms with E-state index in [-0.39, 0.29) is 36.8 Å². The first-order valence-corrected chi connectivity index (χ1v) is 13.1. The molecule has 0 bridgehead atoms. The molecular weight excluding hydrogens is 486 g/mol. The molecule has 6 N–H and O–H groups in total. The number of aromatic hydroxyl groups is 1. The molecule has 38 heavy (non-hydrogen) atoms. The van der Waals surface area contributed by atoms with E-state index in [1.165, 1.54) is 12.1 Å². The SMILES string of the molecule is N[C@@H](Cc1ccc(O)cc1)C(=O)N[C@@H]1CCCNC(=O)[C@@H]2CCCN2C(=O)[C@H](Cc2ccccc2)NC1=O. The molecule has 202 valence electrons. The van der Waals surface area contributed by atoms with E-state index in [0.29, 0.717) is 32.4 Å². The fraction of sp³-hybridized carbons (Fsp3) is 0.429. The topological polar surface area (TPSA) is 154 Å². The number of carbonyl (C=O) groups is 4. The molecule has 4 rings (SSSR count). The Kier molecular flexibility index (Phi) is 8.96. The second-order valence-electron chi connectivity index (χ2n) is 9.91. The number of benzene rings is 2. The minimum absolute atomic E-state index is 0.114. The lowest BCUT2D eigenvalue weighted by molar-refractivity contribution is -0.142. The third-order valence-corrected chi connectivity index (χ3v) is 7.07. The molecule has 10 nitrogen and oxygen atoms in total. The molecule has 0 spiro atoms. The van der Waals surface area contributed by atoms with Crippen LogP contribution in [0.15, 0.2) is 54.6 Å². The molecule has 2 aromatic carbocycles. The van der Waals surface area contributed by atoms with E-state index in [1.54, 1.807) is 17.0 Å². The summed E-state index contributed by atoms with van der Waals surface area (Å²) < 4.78 is 0. The number of hydrogen-bond donors (Lipinski definition) is 5. The van der Waals surface area contributed by atoms with Crippen molar-refractivity contribution in [2.24, 2.45) is 5.73 Å². The van der Waals surface area contributed by atoms with Crippen LogP contribution < -0.4 is 21.7 Å². The van der Waals surface area contributed by atoms with E-state index in [9.17, 15) is 24.3 Å². The molecule has 2 aliphatic rings. The van der Waals surface area contributed by atoms with Crippen LogP contribution in [0.1, 0.15) is 36.8 Å². The molecule has 0 aromatic heterocycles. The quantitative estimate of drug-likeness (QED) is 0.370. The third-order valence-electron chi connectivity index (χ3n) is 7.07. The van der Waals surface area contributed by atoms with Gasteiger partial charge in [-0.05, 0) is 55.4 Å². The molecular formula is C28H35N5O5. The van der Waals surface area contributed by atoms with Gasteiger partial charge in [0.15, 0.2) is 0 Å². The highest BCUT2D eigenvalue weighted by Gasteiger charge is 2.38. The highest BCUT2D eigenvalue weighted by molar-refractivity contribution is 5.95. The second-order valence-corrected chi connectivity index (χ2v) is 9.91. The molecule has 0 radical (unpaired) electrons. The molecule has 0 aliphatic carbocycles. The summed E-state index contributed by atoms with van der Waals surface area (Å²) in [6.45, 7) is 0.772. The maximum Gasteiger partial charge on any atom is 0.246 e. The largest absolute Gasteiger partial charge is 0.508 e. The van der Waals surface area contributed by atoms with Gasteiger partial charge in [-0.25, -0.2) is 0 Å². The van der Waals surface area contributed by atoms with Gasteiger partial charge in [-0.1, -0.05) is 42.5 Å². The summed E-state index contributed by atoms with van der Waals surface area (Å²) in [5.41, 5.74) is 7.76. The molecule has 0 saturated carbocycles. The Morgan fingerprint density at radius 2 is 1.74 bits per heavy atom. The van der Waals surface area contributed by atoms with E-state index in [2.05, 4.69) is 16.0 Å². The van der Waals surface area contributed by atoms with Crippen LogP contribution in [-0.2, 0) is 32.0 Å². The van der Waals surface area contributed by atoms with Gasteiger partial charge in [0.05, 0.1) is 6.04 Å². The number of nitrogens with one attached hydrogen (secondary N) is 3. The Bertz CT molecular complexity index is 1140. The number of nitrogens with zero attached hydrogens (tertiary/aromatic N) is 1. The van der Waals surface area contributed by atoms with Crippen molar-refractivity contribution in [3.8, 4) is 5.75 Å². The van der Waals surface area contributed by atoms with Gasteiger partial charge in [-0.2, -0.15) is 0 Å². The molecule has 0 unspecified atom stereocenters. The number of nitrogens with two attached hydrogens (primary N) is 1. The normalized spacial score (nSPS) is 23.3. The van der Waals surface area contributed by atoms with Gasteiger partial charge >= 0.3 is 0 Å². The average Bonchev–Trinajstić information content (AvgIpc) is 3.41. The molecule has 2 fully saturated rings. The van der Waals surface area contributed by atoms with Crippen molar-refractivity contribution in [1.82, 2.24) is 20.9 Å². The molecule has 4 atom stereocenters. The van der Waals surface area contributed by atoms with Crippen LogP contribution in [-0.4, -0.2) is 70.9 Å². The van der Waals surface area contributed by atoms with Crippen molar-refractivity contribution >= 4 is 23.6 Å². The second kappa shape index (κ2) is 12.6. The molecule has 2 aromatic rings. The fourth-order valence-electron chi connectivity index (χ4n) is 4.99. The maximum atomic E-state index is 13.6. The highest BCUT2D eigenvalue weighted by Crippen LogP contribution is 2.20. The summed E-state index contributed by atoms with van der Waals surface area (Å²) in [5, 5.41) is 18.0. The van der Waals surface area contributed by atoms with Gasteiger partial charge in [0.2, 0.25) is 23.6 Å². The molecule has 10 heteroatoms. The number of phenols is 1. The van der Waals surface area contributed by atoms with E-state index in [4.69, 9.17) is 5.73 Å². The summed E-state index contributed by atoms with van der Waals surface area (Å²) in [7, 11) is 0. The summed E-state index contributed by atoms with van der Waals surface area (Å²) in [5.74, 6) is -1.36. The predicted molar refractivity (Wildman–Crippen MR) is 141 cm³/mol. The van der Waals surface area contributed by atoms with Crippen LogP contribution in [0.4, 0.5) is 0 Å². The van der Waals surface area contributed by atoms with Gasteiger partial charge in [-0.3, -0.25) is 19.2 Å². The van der Waals surface area contributed by atoms with Crippen molar-refractivity contribution in [3.05, 3.63) is 65.7 Å². The number of amides is 4. The lowest BCUT2D eigenvalue weighted by Gasteiger charge is -2.31. The Labute approximate surface area is 222 Å². The summed E-state index contributed by atoms with van der Waals surface area (Å²) in [6.07, 6.45) is 2.51. The Morgan fingerprint density at radius 1 is 1.00 bits per heavy atom. The number of fused-ring (bicyclic) bond motifs is 1. The van der Waals surface area contributed by atoms with Gasteiger partial charge in [-0.15, -0.1) is 0 Å². The number of hydrogen-bond acceptors (Lipinski definition) is 6. The monoisotopic (exact) mass is 521 g/mol. The summed E-state index contributed by atoms with van der Waals surface area (Å²) in [4.78, 5) is 54.4. The zero-order valence-corrected chi connectivity index (χ0v) is 21.3. The van der Waals surface area contributed by atoms with E-state index < -0.39 is 36.0 Å². The van der Waals surface area contributed by atoms with Crippen LogP contribution in [0.2, 0.25) is 0 Å². The zero-order valence-electron chi connectivity index (χ0n) is 21.3. The fourth-order valence-corrected chi connectivity index (χ4v) is 4.99. The zero-order chi connectivity index (χ0) is 27.1. The van der Waals surface area contributed by atoms with Crippen LogP contribution in [0.5, 0.6) is 5.75 Å². The first kappa shape index (κ1) is 27.1. The summed E-state index contributed by atoms with van der Waals surface area (Å²) >= 11 is 0. The van der Waals surface area contributed by atoms with E-state index in [0.717, 1.165) is 11.1 Å². The van der Waals surface area contributed by atoms with Crippen molar-refractivity contribution in [3.63, 3.8) is 0 Å². The number of phenolic OH excluding ortho intramolecular Hbond substituents is 1. The number of rotatable bonds is 6. The Hall–Kier alpha value is -3.92. The van der Waals surface area contributed by atoms with Crippen LogP contribution in [0.25, 0.3) is 0 Å². The number of carbonyl (C=O) groups excluding carboxylic acids is 4. The Balaban J connectivity index is 1.51. The van der Waals surface area contributed by atoms with Crippen molar-refractivity contribution in [2.45, 2.75) is 62.7 Å². The van der Waals surface area contributed by atoms with Crippen LogP contribution >= 0.6 is 0 Å². The molecule has 2 saturated heterocycles. The van der Waals surface area contributed by atoms with Crippen LogP contribution in [0.3, 0.4) is 0 Å². The third kappa shape index (κ3) is 6.89. The predicted octanol–water partition coefficient (Wildman–Crippen LogP) is 0.375. The van der Waals surface area contributed by atoms with Gasteiger partial charge in [0.25, 0.3) is 0 Å². The summed E-state index contributed by atoms with van der Waals surface area (Å²) in [6, 6.07) is 12.5.